The fourth-order valence-corrected chi connectivity index (χ4v) is 0.714. The minimum Gasteiger partial charge on any atom is -0.870 e. The summed E-state index contributed by atoms with van der Waals surface area (Å²) in [6.07, 6.45) is -2.29. The van der Waals surface area contributed by atoms with Gasteiger partial charge in [-0.25, -0.2) is 4.79 Å². The van der Waals surface area contributed by atoms with Gasteiger partial charge in [0.2, 0.25) is 0 Å². The average Bonchev–Trinajstić information content (AvgIpc) is 1.95. The predicted octanol–water partition coefficient (Wildman–Crippen LogP) is -12.6. The van der Waals surface area contributed by atoms with Gasteiger partial charge >= 0.3 is 107 Å². The Balaban J connectivity index is -0.0000000627. The largest absolute Gasteiger partial charge is 1.00 e. The zero-order valence-corrected chi connectivity index (χ0v) is 18.9. The molecular formula is C6H10Na3O12P. The molecule has 6 N–H and O–H groups in total. The van der Waals surface area contributed by atoms with Gasteiger partial charge in [-0.1, -0.05) is 0 Å². The molecule has 0 aliphatic rings. The summed E-state index contributed by atoms with van der Waals surface area (Å²) in [6, 6.07) is 0. The summed E-state index contributed by atoms with van der Waals surface area (Å²) in [5.74, 6) is -5.02. The fraction of sp³-hybridized carbons (Fsp3) is 0.500. The number of aliphatic carboxylic acids is 3. The second kappa shape index (κ2) is 17.3. The van der Waals surface area contributed by atoms with Crippen molar-refractivity contribution in [1.82, 2.24) is 0 Å². The molecule has 0 fully saturated rings. The number of carboxylic acid groups (broad SMARTS) is 3. The van der Waals surface area contributed by atoms with E-state index in [0.717, 1.165) is 0 Å². The molecule has 114 valence electrons. The van der Waals surface area contributed by atoms with Crippen LogP contribution in [0.5, 0.6) is 0 Å². The Labute approximate surface area is 190 Å². The number of phosphoric acid groups is 1. The summed E-state index contributed by atoms with van der Waals surface area (Å²) in [6.45, 7) is 0. The topological polar surface area (TPSA) is 246 Å². The quantitative estimate of drug-likeness (QED) is 0.222. The molecule has 22 heavy (non-hydrogen) atoms. The third-order valence-corrected chi connectivity index (χ3v) is 1.29. The number of rotatable bonds is 5. The van der Waals surface area contributed by atoms with E-state index in [1.165, 1.54) is 0 Å². The van der Waals surface area contributed by atoms with Crippen molar-refractivity contribution in [3.63, 3.8) is 0 Å². The summed E-state index contributed by atoms with van der Waals surface area (Å²) >= 11 is 0. The SMILES string of the molecule is O=C(O)CC(O)(CC(=O)O)C(=O)O.O=P([O-])([O-])O.[Na+].[Na+].[Na+].[OH-]. The molecule has 0 rings (SSSR count). The molecule has 0 aromatic carbocycles. The number of carbonyl (C=O) groups is 3. The van der Waals surface area contributed by atoms with Crippen molar-refractivity contribution >= 4 is 25.7 Å². The minimum atomic E-state index is -5.14. The molecule has 0 atom stereocenters. The summed E-state index contributed by atoms with van der Waals surface area (Å²) in [7, 11) is -5.14. The van der Waals surface area contributed by atoms with Gasteiger partial charge < -0.3 is 45.1 Å². The Kier molecular flexibility index (Phi) is 30.5. The Morgan fingerprint density at radius 3 is 1.18 bits per heavy atom. The molecular weight excluding hydrogens is 364 g/mol. The van der Waals surface area contributed by atoms with E-state index in [9.17, 15) is 14.4 Å². The van der Waals surface area contributed by atoms with Gasteiger partial charge in [0, 0.05) is 0 Å². The van der Waals surface area contributed by atoms with E-state index in [4.69, 9.17) is 39.7 Å². The van der Waals surface area contributed by atoms with Gasteiger partial charge in [0.15, 0.2) is 5.60 Å². The average molecular weight is 374 g/mol. The van der Waals surface area contributed by atoms with Gasteiger partial charge in [-0.2, -0.15) is 0 Å². The third kappa shape index (κ3) is 29.5. The van der Waals surface area contributed by atoms with Crippen LogP contribution in [0.25, 0.3) is 0 Å². The molecule has 12 nitrogen and oxygen atoms in total. The molecule has 0 saturated heterocycles. The number of hydrogen-bond acceptors (Lipinski definition) is 8. The Hall–Kier alpha value is 1.44. The summed E-state index contributed by atoms with van der Waals surface area (Å²) in [5.41, 5.74) is -2.74. The molecule has 0 aliphatic heterocycles. The predicted molar refractivity (Wildman–Crippen MR) is 48.9 cm³/mol. The molecule has 0 spiro atoms. The molecule has 16 heteroatoms. The standard InChI is InChI=1S/C6H8O7.3Na.H3O4P.H2O/c7-3(8)1-6(13,5(11)12)2-4(9)10;;;;1-5(2,3)4;/h13H,1-2H2,(H,7,8)(H,9,10)(H,11,12);;;;(H3,1,2,3,4);1H2/q;3*+1;;/p-3. The van der Waals surface area contributed by atoms with Crippen LogP contribution in [-0.4, -0.2) is 54.3 Å². The van der Waals surface area contributed by atoms with Crippen LogP contribution in [0.2, 0.25) is 0 Å². The van der Waals surface area contributed by atoms with Crippen molar-refractivity contribution in [1.29, 1.82) is 0 Å². The van der Waals surface area contributed by atoms with Crippen molar-refractivity contribution in [2.45, 2.75) is 18.4 Å². The first-order valence-corrected chi connectivity index (χ1v) is 5.41. The van der Waals surface area contributed by atoms with Crippen molar-refractivity contribution in [3.05, 3.63) is 0 Å². The van der Waals surface area contributed by atoms with Crippen LogP contribution in [0.1, 0.15) is 12.8 Å². The molecule has 0 bridgehead atoms. The van der Waals surface area contributed by atoms with Crippen LogP contribution in [-0.2, 0) is 18.9 Å². The first-order valence-electron chi connectivity index (χ1n) is 3.92. The molecule has 0 amide bonds. The van der Waals surface area contributed by atoms with E-state index >= 15 is 0 Å². The van der Waals surface area contributed by atoms with E-state index in [0.29, 0.717) is 0 Å². The van der Waals surface area contributed by atoms with Crippen molar-refractivity contribution in [2.24, 2.45) is 0 Å². The molecule has 0 aromatic heterocycles. The molecule has 0 saturated carbocycles. The maximum atomic E-state index is 10.3. The smallest absolute Gasteiger partial charge is 0.870 e. The first kappa shape index (κ1) is 38.8. The third-order valence-electron chi connectivity index (χ3n) is 1.29. The first-order chi connectivity index (χ1) is 7.78. The van der Waals surface area contributed by atoms with Gasteiger partial charge in [-0.05, 0) is 0 Å². The van der Waals surface area contributed by atoms with Crippen molar-refractivity contribution in [3.8, 4) is 0 Å². The summed E-state index contributed by atoms with van der Waals surface area (Å²) < 4.78 is 8.66. The summed E-state index contributed by atoms with van der Waals surface area (Å²) in [5, 5.41) is 33.8. The second-order valence-corrected chi connectivity index (χ2v) is 3.88. The van der Waals surface area contributed by atoms with E-state index < -0.39 is 44.2 Å². The van der Waals surface area contributed by atoms with E-state index in [1.807, 2.05) is 0 Å². The van der Waals surface area contributed by atoms with Crippen LogP contribution in [0, 0.1) is 0 Å². The van der Waals surface area contributed by atoms with Crippen molar-refractivity contribution in [2.75, 3.05) is 0 Å². The molecule has 0 radical (unpaired) electrons. The van der Waals surface area contributed by atoms with E-state index in [2.05, 4.69) is 0 Å². The number of aliphatic hydroxyl groups is 1. The van der Waals surface area contributed by atoms with Gasteiger partial charge in [0.05, 0.1) is 20.7 Å². The molecule has 0 unspecified atom stereocenters. The Morgan fingerprint density at radius 1 is 0.909 bits per heavy atom. The van der Waals surface area contributed by atoms with Crippen LogP contribution in [0.4, 0.5) is 0 Å². The van der Waals surface area contributed by atoms with Crippen LogP contribution < -0.4 is 98.5 Å². The normalized spacial score (nSPS) is 9.09. The fourth-order valence-electron chi connectivity index (χ4n) is 0.714. The minimum absolute atomic E-state index is 0. The van der Waals surface area contributed by atoms with Crippen molar-refractivity contribution < 1.29 is 148 Å². The monoisotopic (exact) mass is 374 g/mol. The van der Waals surface area contributed by atoms with Gasteiger partial charge in [-0.15, -0.1) is 0 Å². The molecule has 0 aliphatic carbocycles. The number of carboxylic acids is 3. The summed E-state index contributed by atoms with van der Waals surface area (Å²) in [4.78, 5) is 54.8. The maximum Gasteiger partial charge on any atom is 1.00 e. The van der Waals surface area contributed by atoms with Crippen LogP contribution in [0.3, 0.4) is 0 Å². The molecule has 0 aromatic rings. The van der Waals surface area contributed by atoms with Crippen LogP contribution in [0.15, 0.2) is 0 Å². The van der Waals surface area contributed by atoms with Gasteiger partial charge in [0.1, 0.15) is 0 Å². The van der Waals surface area contributed by atoms with E-state index in [1.54, 1.807) is 0 Å². The van der Waals surface area contributed by atoms with Gasteiger partial charge in [-0.3, -0.25) is 9.59 Å². The van der Waals surface area contributed by atoms with Crippen LogP contribution >= 0.6 is 7.82 Å². The maximum absolute atomic E-state index is 10.3. The second-order valence-electron chi connectivity index (χ2n) is 2.95. The Morgan fingerprint density at radius 2 is 1.09 bits per heavy atom. The zero-order chi connectivity index (χ0) is 15.1. The Bertz CT molecular complexity index is 357. The zero-order valence-electron chi connectivity index (χ0n) is 12.0. The van der Waals surface area contributed by atoms with Gasteiger partial charge in [0.25, 0.3) is 0 Å². The molecule has 0 heterocycles. The van der Waals surface area contributed by atoms with E-state index in [-0.39, 0.29) is 94.1 Å². The number of hydrogen-bond donors (Lipinski definition) is 5.